The van der Waals surface area contributed by atoms with Crippen molar-refractivity contribution >= 4 is 43.4 Å². The Kier molecular flexibility index (Phi) is 6.00. The van der Waals surface area contributed by atoms with Crippen LogP contribution in [0.15, 0.2) is 140 Å². The molecule has 0 spiro atoms. The van der Waals surface area contributed by atoms with Crippen LogP contribution in [-0.2, 0) is 5.41 Å². The van der Waals surface area contributed by atoms with Gasteiger partial charge < -0.3 is 4.57 Å². The van der Waals surface area contributed by atoms with Crippen LogP contribution in [0.2, 0.25) is 0 Å². The maximum atomic E-state index is 2.39. The fraction of sp³-hybridized carbons (Fsp3) is 0.116. The minimum Gasteiger partial charge on any atom is -0.309 e. The summed E-state index contributed by atoms with van der Waals surface area (Å²) in [4.78, 5) is 0. The Balaban J connectivity index is 1.35. The Morgan fingerprint density at radius 3 is 1.43 bits per heavy atom. The van der Waals surface area contributed by atoms with Crippen LogP contribution in [0.5, 0.6) is 0 Å². The Labute approximate surface area is 259 Å². The van der Waals surface area contributed by atoms with Gasteiger partial charge in [-0.3, -0.25) is 0 Å². The van der Waals surface area contributed by atoms with E-state index in [2.05, 4.69) is 172 Å². The lowest BCUT2D eigenvalue weighted by atomic mass is 9.83. The Morgan fingerprint density at radius 2 is 0.886 bits per heavy atom. The molecule has 0 fully saturated rings. The summed E-state index contributed by atoms with van der Waals surface area (Å²) in [7, 11) is 0. The molecule has 0 saturated heterocycles. The van der Waals surface area contributed by atoms with Gasteiger partial charge in [0.05, 0.1) is 11.0 Å². The third kappa shape index (κ3) is 4.15. The van der Waals surface area contributed by atoms with Gasteiger partial charge in [0.2, 0.25) is 0 Å². The predicted molar refractivity (Wildman–Crippen MR) is 190 cm³/mol. The summed E-state index contributed by atoms with van der Waals surface area (Å²) in [6.07, 6.45) is 0. The highest BCUT2D eigenvalue weighted by molar-refractivity contribution is 6.21. The molecule has 0 amide bonds. The molecule has 7 aromatic carbocycles. The van der Waals surface area contributed by atoms with Crippen molar-refractivity contribution in [2.24, 2.45) is 0 Å². The van der Waals surface area contributed by atoms with E-state index in [1.807, 2.05) is 0 Å². The van der Waals surface area contributed by atoms with Crippen LogP contribution in [0.25, 0.3) is 71.3 Å². The van der Waals surface area contributed by atoms with Crippen molar-refractivity contribution in [1.29, 1.82) is 0 Å². The van der Waals surface area contributed by atoms with Gasteiger partial charge in [-0.15, -0.1) is 0 Å². The second kappa shape index (κ2) is 9.96. The normalized spacial score (nSPS) is 12.1. The van der Waals surface area contributed by atoms with Crippen LogP contribution < -0.4 is 0 Å². The van der Waals surface area contributed by atoms with Crippen LogP contribution in [0, 0.1) is 6.92 Å². The molecule has 0 radical (unpaired) electrons. The first kappa shape index (κ1) is 26.5. The maximum absolute atomic E-state index is 2.39. The van der Waals surface area contributed by atoms with E-state index >= 15 is 0 Å². The van der Waals surface area contributed by atoms with Crippen molar-refractivity contribution in [3.63, 3.8) is 0 Å². The molecule has 44 heavy (non-hydrogen) atoms. The van der Waals surface area contributed by atoms with Crippen LogP contribution in [-0.4, -0.2) is 4.57 Å². The van der Waals surface area contributed by atoms with Gasteiger partial charge in [0.1, 0.15) is 0 Å². The second-order valence-corrected chi connectivity index (χ2v) is 13.1. The minimum atomic E-state index is 0.120. The summed E-state index contributed by atoms with van der Waals surface area (Å²) in [5, 5.41) is 7.72. The summed E-state index contributed by atoms with van der Waals surface area (Å²) in [5.41, 5.74) is 11.5. The molecule has 8 rings (SSSR count). The highest BCUT2D eigenvalue weighted by Crippen LogP contribution is 2.44. The van der Waals surface area contributed by atoms with Gasteiger partial charge in [-0.1, -0.05) is 142 Å². The van der Waals surface area contributed by atoms with E-state index in [1.54, 1.807) is 0 Å². The van der Waals surface area contributed by atoms with E-state index in [1.165, 1.54) is 82.4 Å². The average Bonchev–Trinajstić information content (AvgIpc) is 3.38. The van der Waals surface area contributed by atoms with Crippen LogP contribution in [0.1, 0.15) is 31.9 Å². The monoisotopic (exact) mass is 565 g/mol. The molecular formula is C43H35N. The molecule has 212 valence electrons. The molecule has 0 atom stereocenters. The van der Waals surface area contributed by atoms with E-state index in [9.17, 15) is 0 Å². The van der Waals surface area contributed by atoms with Crippen molar-refractivity contribution in [3.8, 4) is 27.9 Å². The summed E-state index contributed by atoms with van der Waals surface area (Å²) in [5.74, 6) is 0. The van der Waals surface area contributed by atoms with Gasteiger partial charge in [-0.2, -0.15) is 0 Å². The van der Waals surface area contributed by atoms with Gasteiger partial charge >= 0.3 is 0 Å². The summed E-state index contributed by atoms with van der Waals surface area (Å²) < 4.78 is 2.39. The standard InChI is InChI=1S/C43H35N/c1-28-17-26-37-38(27-28)42(29-18-22-31(23-19-29)43(2,3)4)36-14-6-5-13-35(36)41(37)30-20-24-32(25-21-30)44-39-15-9-7-11-33(39)34-12-8-10-16-40(34)44/h5-27H,1-4H3. The van der Waals surface area contributed by atoms with E-state index in [4.69, 9.17) is 0 Å². The average molecular weight is 566 g/mol. The van der Waals surface area contributed by atoms with Crippen LogP contribution in [0.3, 0.4) is 0 Å². The largest absolute Gasteiger partial charge is 0.309 e. The van der Waals surface area contributed by atoms with Crippen molar-refractivity contribution in [3.05, 3.63) is 151 Å². The molecule has 0 unspecified atom stereocenters. The van der Waals surface area contributed by atoms with E-state index in [0.717, 1.165) is 0 Å². The molecule has 1 heteroatoms. The van der Waals surface area contributed by atoms with Gasteiger partial charge in [-0.25, -0.2) is 0 Å². The second-order valence-electron chi connectivity index (χ2n) is 13.1. The quantitative estimate of drug-likeness (QED) is 0.188. The van der Waals surface area contributed by atoms with E-state index in [-0.39, 0.29) is 5.41 Å². The number of rotatable bonds is 3. The zero-order chi connectivity index (χ0) is 30.0. The first-order valence-corrected chi connectivity index (χ1v) is 15.5. The van der Waals surface area contributed by atoms with Crippen molar-refractivity contribution in [2.45, 2.75) is 33.1 Å². The maximum Gasteiger partial charge on any atom is 0.0541 e. The molecule has 0 N–H and O–H groups in total. The van der Waals surface area contributed by atoms with Crippen LogP contribution in [0.4, 0.5) is 0 Å². The lowest BCUT2D eigenvalue weighted by Crippen LogP contribution is -2.10. The SMILES string of the molecule is Cc1ccc2c(-c3ccc(-n4c5ccccc5c5ccccc54)cc3)c3ccccc3c(-c3ccc(C(C)(C)C)cc3)c2c1. The zero-order valence-electron chi connectivity index (χ0n) is 25.7. The Bertz CT molecular complexity index is 2290. The molecule has 0 aliphatic rings. The minimum absolute atomic E-state index is 0.120. The van der Waals surface area contributed by atoms with Crippen LogP contribution >= 0.6 is 0 Å². The number of benzene rings is 7. The van der Waals surface area contributed by atoms with Crippen molar-refractivity contribution in [2.75, 3.05) is 0 Å². The number of hydrogen-bond acceptors (Lipinski definition) is 0. The van der Waals surface area contributed by atoms with Crippen molar-refractivity contribution < 1.29 is 0 Å². The highest BCUT2D eigenvalue weighted by atomic mass is 15.0. The third-order valence-corrected chi connectivity index (χ3v) is 9.21. The number of nitrogens with zero attached hydrogens (tertiary/aromatic N) is 1. The molecule has 0 aliphatic carbocycles. The first-order valence-electron chi connectivity index (χ1n) is 15.5. The number of aryl methyl sites for hydroxylation is 1. The molecular weight excluding hydrogens is 530 g/mol. The number of hydrogen-bond donors (Lipinski definition) is 0. The molecule has 0 aliphatic heterocycles. The number of para-hydroxylation sites is 2. The van der Waals surface area contributed by atoms with Gasteiger partial charge in [0, 0.05) is 16.5 Å². The Morgan fingerprint density at radius 1 is 0.432 bits per heavy atom. The fourth-order valence-electron chi connectivity index (χ4n) is 7.03. The summed E-state index contributed by atoms with van der Waals surface area (Å²) >= 11 is 0. The first-order chi connectivity index (χ1) is 21.4. The third-order valence-electron chi connectivity index (χ3n) is 9.21. The van der Waals surface area contributed by atoms with E-state index < -0.39 is 0 Å². The molecule has 1 aromatic heterocycles. The molecule has 1 heterocycles. The van der Waals surface area contributed by atoms with Gasteiger partial charge in [-0.05, 0) is 86.0 Å². The van der Waals surface area contributed by atoms with E-state index in [0.29, 0.717) is 0 Å². The number of aromatic nitrogens is 1. The van der Waals surface area contributed by atoms with Gasteiger partial charge in [0.25, 0.3) is 0 Å². The Hall–Kier alpha value is -5.14. The fourth-order valence-corrected chi connectivity index (χ4v) is 7.03. The van der Waals surface area contributed by atoms with Gasteiger partial charge in [0.15, 0.2) is 0 Å². The molecule has 8 aromatic rings. The molecule has 0 bridgehead atoms. The summed E-state index contributed by atoms with van der Waals surface area (Å²) in [6.45, 7) is 9.02. The lowest BCUT2D eigenvalue weighted by Gasteiger charge is -2.21. The topological polar surface area (TPSA) is 4.93 Å². The number of fused-ring (bicyclic) bond motifs is 5. The predicted octanol–water partition coefficient (Wildman–Crippen LogP) is 12.0. The van der Waals surface area contributed by atoms with Crippen molar-refractivity contribution in [1.82, 2.24) is 4.57 Å². The highest BCUT2D eigenvalue weighted by Gasteiger charge is 2.19. The lowest BCUT2D eigenvalue weighted by molar-refractivity contribution is 0.590. The smallest absolute Gasteiger partial charge is 0.0541 e. The zero-order valence-corrected chi connectivity index (χ0v) is 25.7. The summed E-state index contributed by atoms with van der Waals surface area (Å²) in [6, 6.07) is 51.6. The molecule has 1 nitrogen and oxygen atoms in total. The molecule has 0 saturated carbocycles.